The molecule has 25 heavy (non-hydrogen) atoms. The van der Waals surface area contributed by atoms with Gasteiger partial charge >= 0.3 is 0 Å². The van der Waals surface area contributed by atoms with Crippen LogP contribution < -0.4 is 10.1 Å². The van der Waals surface area contributed by atoms with Crippen molar-refractivity contribution in [2.75, 3.05) is 26.4 Å². The Kier molecular flexibility index (Phi) is 6.28. The van der Waals surface area contributed by atoms with Crippen LogP contribution in [0.15, 0.2) is 6.07 Å². The van der Waals surface area contributed by atoms with Gasteiger partial charge in [-0.3, -0.25) is 4.79 Å². The fourth-order valence-corrected chi connectivity index (χ4v) is 2.56. The first-order chi connectivity index (χ1) is 11.8. The van der Waals surface area contributed by atoms with Crippen LogP contribution in [0, 0.1) is 11.6 Å². The molecule has 2 rings (SSSR count). The van der Waals surface area contributed by atoms with E-state index in [1.807, 2.05) is 0 Å². The van der Waals surface area contributed by atoms with Crippen LogP contribution in [-0.2, 0) is 11.2 Å². The number of Topliss-reactive ketones (excluding diaryl/α,β-unsaturated/α-hetero) is 1. The molecule has 1 fully saturated rings. The van der Waals surface area contributed by atoms with Crippen molar-refractivity contribution in [1.82, 2.24) is 5.32 Å². The number of aromatic hydroxyl groups is 1. The van der Waals surface area contributed by atoms with Crippen LogP contribution in [0.1, 0.15) is 18.4 Å². The van der Waals surface area contributed by atoms with Crippen LogP contribution in [-0.4, -0.2) is 64.2 Å². The lowest BCUT2D eigenvalue weighted by Gasteiger charge is -2.26. The molecule has 0 aromatic heterocycles. The summed E-state index contributed by atoms with van der Waals surface area (Å²) in [6, 6.07) is 0.332. The van der Waals surface area contributed by atoms with Gasteiger partial charge in [0.15, 0.2) is 11.6 Å². The van der Waals surface area contributed by atoms with Crippen molar-refractivity contribution in [2.24, 2.45) is 0 Å². The average Bonchev–Trinajstić information content (AvgIpc) is 2.60. The minimum atomic E-state index is -1.98. The Morgan fingerprint density at radius 3 is 2.60 bits per heavy atom. The number of carbonyl (C=O) groups excluding carboxylic acids is 1. The van der Waals surface area contributed by atoms with Gasteiger partial charge in [-0.05, 0) is 6.42 Å². The van der Waals surface area contributed by atoms with E-state index < -0.39 is 42.8 Å². The highest BCUT2D eigenvalue weighted by Crippen LogP contribution is 2.34. The van der Waals surface area contributed by atoms with E-state index in [1.54, 1.807) is 0 Å². The number of phenols is 1. The third kappa shape index (κ3) is 4.63. The van der Waals surface area contributed by atoms with Crippen molar-refractivity contribution in [1.29, 1.82) is 0 Å². The molecule has 0 amide bonds. The first kappa shape index (κ1) is 19.5. The second-order valence-electron chi connectivity index (χ2n) is 6.17. The Balaban J connectivity index is 2.26. The molecule has 0 radical (unpaired) electrons. The molecule has 1 saturated heterocycles. The van der Waals surface area contributed by atoms with Crippen LogP contribution in [0.4, 0.5) is 8.78 Å². The highest BCUT2D eigenvalue weighted by molar-refractivity contribution is 5.80. The van der Waals surface area contributed by atoms with E-state index in [-0.39, 0.29) is 36.0 Å². The first-order valence-corrected chi connectivity index (χ1v) is 7.81. The summed E-state index contributed by atoms with van der Waals surface area (Å²) < 4.78 is 32.5. The Hall–Kier alpha value is -1.81. The maximum Gasteiger partial charge on any atom is 0.200 e. The molecule has 9 heteroatoms. The van der Waals surface area contributed by atoms with E-state index in [9.17, 15) is 23.8 Å². The van der Waals surface area contributed by atoms with Gasteiger partial charge < -0.3 is 30.5 Å². The van der Waals surface area contributed by atoms with Gasteiger partial charge in [0.05, 0.1) is 13.2 Å². The summed E-state index contributed by atoms with van der Waals surface area (Å²) in [5.74, 6) is -3.95. The monoisotopic (exact) mass is 361 g/mol. The Bertz CT molecular complexity index is 636. The van der Waals surface area contributed by atoms with Gasteiger partial charge in [0.1, 0.15) is 23.7 Å². The number of hydrogen-bond acceptors (Lipinski definition) is 7. The molecule has 140 valence electrons. The highest BCUT2D eigenvalue weighted by Gasteiger charge is 2.29. The van der Waals surface area contributed by atoms with Gasteiger partial charge in [0, 0.05) is 37.1 Å². The summed E-state index contributed by atoms with van der Waals surface area (Å²) in [5.41, 5.74) is -2.04. The normalized spacial score (nSPS) is 18.4. The molecule has 0 saturated carbocycles. The highest BCUT2D eigenvalue weighted by atomic mass is 19.2. The number of ether oxygens (including phenoxy) is 1. The van der Waals surface area contributed by atoms with Gasteiger partial charge in [-0.1, -0.05) is 0 Å². The lowest BCUT2D eigenvalue weighted by atomic mass is 9.95. The number of benzene rings is 1. The second-order valence-corrected chi connectivity index (χ2v) is 6.17. The third-order valence-corrected chi connectivity index (χ3v) is 4.11. The smallest absolute Gasteiger partial charge is 0.200 e. The van der Waals surface area contributed by atoms with Crippen molar-refractivity contribution in [3.63, 3.8) is 0 Å². The van der Waals surface area contributed by atoms with Gasteiger partial charge in [0.2, 0.25) is 5.82 Å². The number of aliphatic hydroxyl groups excluding tert-OH is 2. The summed E-state index contributed by atoms with van der Waals surface area (Å²) in [4.78, 5) is 11.5. The summed E-state index contributed by atoms with van der Waals surface area (Å²) >= 11 is 0. The number of aliphatic hydroxyl groups is 3. The number of piperidine rings is 1. The van der Waals surface area contributed by atoms with Crippen molar-refractivity contribution in [3.05, 3.63) is 23.3 Å². The van der Waals surface area contributed by atoms with Crippen molar-refractivity contribution < 1.29 is 38.7 Å². The van der Waals surface area contributed by atoms with Gasteiger partial charge in [-0.25, -0.2) is 4.39 Å². The SMILES string of the molecule is O=C1CCNC(Cc2c(OCC(O)(CO)CO)cc(F)c(F)c2O)C1. The predicted octanol–water partition coefficient (Wildman–Crippen LogP) is -0.372. The summed E-state index contributed by atoms with van der Waals surface area (Å²) in [5, 5.41) is 40.9. The fourth-order valence-electron chi connectivity index (χ4n) is 2.56. The lowest BCUT2D eigenvalue weighted by Crippen LogP contribution is -2.43. The standard InChI is InChI=1S/C16H21F2NO6/c17-12-5-13(25-8-16(24,6-20)7-21)11(15(23)14(12)18)4-9-3-10(22)1-2-19-9/h5,9,19-21,23-24H,1-4,6-8H2. The van der Waals surface area contributed by atoms with Crippen LogP contribution in [0.2, 0.25) is 0 Å². The molecule has 1 unspecified atom stereocenters. The van der Waals surface area contributed by atoms with Crippen LogP contribution in [0.5, 0.6) is 11.5 Å². The van der Waals surface area contributed by atoms with Crippen molar-refractivity contribution in [2.45, 2.75) is 30.9 Å². The molecule has 7 nitrogen and oxygen atoms in total. The zero-order valence-corrected chi connectivity index (χ0v) is 13.5. The molecular weight excluding hydrogens is 340 g/mol. The van der Waals surface area contributed by atoms with E-state index in [0.29, 0.717) is 19.0 Å². The zero-order valence-electron chi connectivity index (χ0n) is 13.5. The van der Waals surface area contributed by atoms with Crippen LogP contribution >= 0.6 is 0 Å². The number of phenolic OH excluding ortho intramolecular Hbond substituents is 1. The molecule has 1 aliphatic rings. The largest absolute Gasteiger partial charge is 0.504 e. The second kappa shape index (κ2) is 8.05. The molecule has 1 aliphatic heterocycles. The topological polar surface area (TPSA) is 119 Å². The summed E-state index contributed by atoms with van der Waals surface area (Å²) in [7, 11) is 0. The van der Waals surface area contributed by atoms with Crippen molar-refractivity contribution >= 4 is 5.78 Å². The maximum atomic E-state index is 13.7. The lowest BCUT2D eigenvalue weighted by molar-refractivity contribution is -0.120. The molecule has 1 aromatic carbocycles. The molecule has 1 heterocycles. The molecule has 0 spiro atoms. The summed E-state index contributed by atoms with van der Waals surface area (Å²) in [6.07, 6.45) is 0.555. The minimum absolute atomic E-state index is 0.000779. The van der Waals surface area contributed by atoms with Gasteiger partial charge in [-0.2, -0.15) is 4.39 Å². The number of nitrogens with one attached hydrogen (secondary N) is 1. The molecule has 5 N–H and O–H groups in total. The van der Waals surface area contributed by atoms with Crippen LogP contribution in [0.3, 0.4) is 0 Å². The number of halogens is 2. The average molecular weight is 361 g/mol. The number of hydrogen-bond donors (Lipinski definition) is 5. The third-order valence-electron chi connectivity index (χ3n) is 4.11. The van der Waals surface area contributed by atoms with E-state index in [4.69, 9.17) is 14.9 Å². The quantitative estimate of drug-likeness (QED) is 0.449. The number of carbonyl (C=O) groups is 1. The summed E-state index contributed by atoms with van der Waals surface area (Å²) in [6.45, 7) is -1.78. The van der Waals surface area contributed by atoms with E-state index in [1.165, 1.54) is 0 Å². The number of rotatable bonds is 7. The Morgan fingerprint density at radius 1 is 1.32 bits per heavy atom. The molecular formula is C16H21F2NO6. The van der Waals surface area contributed by atoms with Gasteiger partial charge in [0.25, 0.3) is 0 Å². The Morgan fingerprint density at radius 2 is 2.00 bits per heavy atom. The number of ketones is 1. The molecule has 0 aliphatic carbocycles. The van der Waals surface area contributed by atoms with Gasteiger partial charge in [-0.15, -0.1) is 0 Å². The molecule has 1 atom stereocenters. The molecule has 1 aromatic rings. The minimum Gasteiger partial charge on any atom is -0.504 e. The maximum absolute atomic E-state index is 13.7. The van der Waals surface area contributed by atoms with E-state index in [2.05, 4.69) is 5.32 Å². The fraction of sp³-hybridized carbons (Fsp3) is 0.562. The zero-order chi connectivity index (χ0) is 18.6. The Labute approximate surface area is 142 Å². The van der Waals surface area contributed by atoms with E-state index >= 15 is 0 Å². The predicted molar refractivity (Wildman–Crippen MR) is 82.4 cm³/mol. The van der Waals surface area contributed by atoms with Crippen molar-refractivity contribution in [3.8, 4) is 11.5 Å². The molecule has 0 bridgehead atoms. The van der Waals surface area contributed by atoms with E-state index in [0.717, 1.165) is 0 Å². The first-order valence-electron chi connectivity index (χ1n) is 7.81. The van der Waals surface area contributed by atoms with Crippen LogP contribution in [0.25, 0.3) is 0 Å².